The lowest BCUT2D eigenvalue weighted by molar-refractivity contribution is 0.179. The van der Waals surface area contributed by atoms with Crippen LogP contribution in [-0.4, -0.2) is 43.1 Å². The van der Waals surface area contributed by atoms with E-state index in [0.29, 0.717) is 0 Å². The summed E-state index contributed by atoms with van der Waals surface area (Å²) in [6.45, 7) is 6.57. The van der Waals surface area contributed by atoms with Gasteiger partial charge in [-0.3, -0.25) is 0 Å². The molecule has 1 N–H and O–H groups in total. The van der Waals surface area contributed by atoms with Gasteiger partial charge in [-0.1, -0.05) is 12.1 Å². The van der Waals surface area contributed by atoms with Crippen LogP contribution in [0.3, 0.4) is 0 Å². The first-order chi connectivity index (χ1) is 7.24. The Bertz CT molecular complexity index is 316. The normalized spacial score (nSPS) is 19.1. The smallest absolute Gasteiger partial charge is 0.0492 e. The zero-order valence-electron chi connectivity index (χ0n) is 9.53. The molecule has 3 nitrogen and oxygen atoms in total. The molecule has 0 aliphatic carbocycles. The lowest BCUT2D eigenvalue weighted by Gasteiger charge is -2.33. The van der Waals surface area contributed by atoms with Gasteiger partial charge in [0.2, 0.25) is 0 Å². The number of benzene rings is 1. The zero-order valence-corrected chi connectivity index (χ0v) is 9.53. The van der Waals surface area contributed by atoms with Crippen molar-refractivity contribution in [3.05, 3.63) is 29.8 Å². The molecule has 15 heavy (non-hydrogen) atoms. The van der Waals surface area contributed by atoms with E-state index >= 15 is 0 Å². The van der Waals surface area contributed by atoms with E-state index in [1.54, 1.807) is 0 Å². The molecule has 3 heteroatoms. The summed E-state index contributed by atoms with van der Waals surface area (Å²) in [5.74, 6) is 0. The molecular formula is C12H19N3. The minimum absolute atomic E-state index is 1.09. The van der Waals surface area contributed by atoms with Gasteiger partial charge in [0, 0.05) is 31.9 Å². The molecule has 0 radical (unpaired) electrons. The summed E-state index contributed by atoms with van der Waals surface area (Å²) in [6.07, 6.45) is 0. The largest absolute Gasteiger partial charge is 0.319 e. The van der Waals surface area contributed by atoms with Crippen LogP contribution in [0, 0.1) is 6.92 Å². The number of hydrogen-bond acceptors (Lipinski definition) is 3. The van der Waals surface area contributed by atoms with Crippen LogP contribution >= 0.6 is 0 Å². The Morgan fingerprint density at radius 3 is 2.53 bits per heavy atom. The van der Waals surface area contributed by atoms with Crippen LogP contribution in [0.2, 0.25) is 0 Å². The van der Waals surface area contributed by atoms with E-state index in [1.165, 1.54) is 11.3 Å². The second kappa shape index (κ2) is 4.64. The Hall–Kier alpha value is -1.06. The minimum atomic E-state index is 1.09. The molecule has 0 aromatic heterocycles. The Balaban J connectivity index is 1.92. The highest BCUT2D eigenvalue weighted by atomic mass is 15.5. The standard InChI is InChI=1S/C12H19N3/c1-11-4-3-5-12(10-11)13-15-8-6-14(2)7-9-15/h3-5,10,13H,6-9H2,1-2H3. The van der Waals surface area contributed by atoms with Crippen molar-refractivity contribution in [3.63, 3.8) is 0 Å². The topological polar surface area (TPSA) is 18.5 Å². The zero-order chi connectivity index (χ0) is 10.7. The molecule has 1 aliphatic heterocycles. The maximum atomic E-state index is 3.45. The van der Waals surface area contributed by atoms with Crippen LogP contribution in [0.4, 0.5) is 5.69 Å². The molecule has 82 valence electrons. The number of aryl methyl sites for hydroxylation is 1. The minimum Gasteiger partial charge on any atom is -0.319 e. The van der Waals surface area contributed by atoms with E-state index in [1.807, 2.05) is 0 Å². The first kappa shape index (κ1) is 10.5. The quantitative estimate of drug-likeness (QED) is 0.790. The van der Waals surface area contributed by atoms with Gasteiger partial charge in [-0.05, 0) is 31.7 Å². The SMILES string of the molecule is Cc1cccc(NN2CCN(C)CC2)c1. The Labute approximate surface area is 91.7 Å². The van der Waals surface area contributed by atoms with Gasteiger partial charge < -0.3 is 10.3 Å². The highest BCUT2D eigenvalue weighted by Gasteiger charge is 2.12. The van der Waals surface area contributed by atoms with Crippen molar-refractivity contribution in [2.75, 3.05) is 38.7 Å². The van der Waals surface area contributed by atoms with E-state index in [-0.39, 0.29) is 0 Å². The molecule has 0 atom stereocenters. The Kier molecular flexibility index (Phi) is 3.23. The van der Waals surface area contributed by atoms with E-state index in [2.05, 4.69) is 53.6 Å². The highest BCUT2D eigenvalue weighted by Crippen LogP contribution is 2.11. The summed E-state index contributed by atoms with van der Waals surface area (Å²) < 4.78 is 0. The van der Waals surface area contributed by atoms with Crippen LogP contribution in [0.25, 0.3) is 0 Å². The number of nitrogens with zero attached hydrogens (tertiary/aromatic N) is 2. The molecule has 1 saturated heterocycles. The van der Waals surface area contributed by atoms with E-state index < -0.39 is 0 Å². The lowest BCUT2D eigenvalue weighted by atomic mass is 10.2. The molecule has 0 bridgehead atoms. The molecule has 1 fully saturated rings. The Morgan fingerprint density at radius 1 is 1.13 bits per heavy atom. The molecule has 1 heterocycles. The fourth-order valence-electron chi connectivity index (χ4n) is 1.82. The molecule has 1 aliphatic rings. The second-order valence-electron chi connectivity index (χ2n) is 4.27. The predicted octanol–water partition coefficient (Wildman–Crippen LogP) is 1.57. The van der Waals surface area contributed by atoms with Crippen LogP contribution in [0.15, 0.2) is 24.3 Å². The first-order valence-corrected chi connectivity index (χ1v) is 5.51. The van der Waals surface area contributed by atoms with Crippen LogP contribution in [-0.2, 0) is 0 Å². The van der Waals surface area contributed by atoms with Crippen molar-refractivity contribution < 1.29 is 0 Å². The monoisotopic (exact) mass is 205 g/mol. The molecule has 1 aromatic carbocycles. The van der Waals surface area contributed by atoms with Gasteiger partial charge in [-0.15, -0.1) is 0 Å². The molecule has 0 unspecified atom stereocenters. The van der Waals surface area contributed by atoms with Crippen LogP contribution in [0.5, 0.6) is 0 Å². The van der Waals surface area contributed by atoms with Gasteiger partial charge in [-0.2, -0.15) is 0 Å². The van der Waals surface area contributed by atoms with E-state index in [9.17, 15) is 0 Å². The van der Waals surface area contributed by atoms with Gasteiger partial charge >= 0.3 is 0 Å². The highest BCUT2D eigenvalue weighted by molar-refractivity contribution is 5.44. The molecule has 0 saturated carbocycles. The van der Waals surface area contributed by atoms with Crippen molar-refractivity contribution in [1.29, 1.82) is 0 Å². The summed E-state index contributed by atoms with van der Waals surface area (Å²) in [6, 6.07) is 8.51. The number of nitrogens with one attached hydrogen (secondary N) is 1. The molecule has 0 amide bonds. The predicted molar refractivity (Wildman–Crippen MR) is 63.9 cm³/mol. The third-order valence-electron chi connectivity index (χ3n) is 2.81. The van der Waals surface area contributed by atoms with Gasteiger partial charge in [0.25, 0.3) is 0 Å². The van der Waals surface area contributed by atoms with Crippen LogP contribution < -0.4 is 5.43 Å². The summed E-state index contributed by atoms with van der Waals surface area (Å²) in [7, 11) is 2.17. The number of anilines is 1. The van der Waals surface area contributed by atoms with Crippen molar-refractivity contribution in [2.45, 2.75) is 6.92 Å². The molecule has 1 aromatic rings. The second-order valence-corrected chi connectivity index (χ2v) is 4.27. The van der Waals surface area contributed by atoms with Crippen molar-refractivity contribution in [2.24, 2.45) is 0 Å². The first-order valence-electron chi connectivity index (χ1n) is 5.51. The third kappa shape index (κ3) is 2.94. The summed E-state index contributed by atoms with van der Waals surface area (Å²) in [4.78, 5) is 2.36. The van der Waals surface area contributed by atoms with Gasteiger partial charge in [0.1, 0.15) is 0 Å². The number of likely N-dealkylation sites (N-methyl/N-ethyl adjacent to an activating group) is 1. The summed E-state index contributed by atoms with van der Waals surface area (Å²) in [5, 5.41) is 2.29. The number of hydrazine groups is 1. The Morgan fingerprint density at radius 2 is 1.87 bits per heavy atom. The third-order valence-corrected chi connectivity index (χ3v) is 2.81. The van der Waals surface area contributed by atoms with Crippen molar-refractivity contribution in [1.82, 2.24) is 9.91 Å². The maximum absolute atomic E-state index is 3.45. The van der Waals surface area contributed by atoms with Gasteiger partial charge in [0.05, 0.1) is 0 Å². The summed E-state index contributed by atoms with van der Waals surface area (Å²) >= 11 is 0. The molecular weight excluding hydrogens is 186 g/mol. The maximum Gasteiger partial charge on any atom is 0.0492 e. The van der Waals surface area contributed by atoms with Crippen LogP contribution in [0.1, 0.15) is 5.56 Å². The summed E-state index contributed by atoms with van der Waals surface area (Å²) in [5.41, 5.74) is 5.94. The van der Waals surface area contributed by atoms with Gasteiger partial charge in [-0.25, -0.2) is 5.01 Å². The van der Waals surface area contributed by atoms with Crippen molar-refractivity contribution >= 4 is 5.69 Å². The average molecular weight is 205 g/mol. The fraction of sp³-hybridized carbons (Fsp3) is 0.500. The van der Waals surface area contributed by atoms with E-state index in [0.717, 1.165) is 26.2 Å². The number of hydrogen-bond donors (Lipinski definition) is 1. The lowest BCUT2D eigenvalue weighted by Crippen LogP contribution is -2.46. The molecule has 0 spiro atoms. The van der Waals surface area contributed by atoms with Gasteiger partial charge in [0.15, 0.2) is 0 Å². The van der Waals surface area contributed by atoms with E-state index in [4.69, 9.17) is 0 Å². The average Bonchev–Trinajstić information content (AvgIpc) is 2.22. The number of piperazine rings is 1. The van der Waals surface area contributed by atoms with Crippen molar-refractivity contribution in [3.8, 4) is 0 Å². The number of rotatable bonds is 2. The molecule has 2 rings (SSSR count). The fourth-order valence-corrected chi connectivity index (χ4v) is 1.82.